The minimum atomic E-state index is -0.794. The summed E-state index contributed by atoms with van der Waals surface area (Å²) in [5, 5.41) is 0. The SMILES string of the molecule is CC\C=C/C=C\C=C/C=C\C=C/CCCCCC(=O)OCC(COC(=O)CCCCCCCCCCCCCCCCCCCC)OC(=O)CCCCCCCCC/C=C\CCCCCCCC. The van der Waals surface area contributed by atoms with Gasteiger partial charge >= 0.3 is 17.9 Å². The Balaban J connectivity index is 4.42. The van der Waals surface area contributed by atoms with Crippen molar-refractivity contribution in [2.75, 3.05) is 13.2 Å². The van der Waals surface area contributed by atoms with Gasteiger partial charge in [-0.2, -0.15) is 0 Å². The fourth-order valence-electron chi connectivity index (χ4n) is 8.22. The molecule has 0 aliphatic heterocycles. The third kappa shape index (κ3) is 53.8. The van der Waals surface area contributed by atoms with Crippen molar-refractivity contribution in [2.24, 2.45) is 0 Å². The van der Waals surface area contributed by atoms with E-state index in [1.165, 1.54) is 173 Å². The molecule has 0 rings (SSSR count). The van der Waals surface area contributed by atoms with Crippen LogP contribution in [0.15, 0.2) is 72.9 Å². The Morgan fingerprint density at radius 1 is 0.309 bits per heavy atom. The average Bonchev–Trinajstić information content (AvgIpc) is 3.34. The molecule has 6 heteroatoms. The molecule has 68 heavy (non-hydrogen) atoms. The first-order valence-corrected chi connectivity index (χ1v) is 29.0. The molecule has 0 radical (unpaired) electrons. The van der Waals surface area contributed by atoms with E-state index in [2.05, 4.69) is 51.2 Å². The van der Waals surface area contributed by atoms with Gasteiger partial charge in [0.2, 0.25) is 0 Å². The average molecular weight is 950 g/mol. The van der Waals surface area contributed by atoms with Crippen LogP contribution in [0.3, 0.4) is 0 Å². The molecule has 0 aromatic rings. The van der Waals surface area contributed by atoms with Crippen LogP contribution in [0.2, 0.25) is 0 Å². The van der Waals surface area contributed by atoms with Crippen molar-refractivity contribution in [3.8, 4) is 0 Å². The third-order valence-corrected chi connectivity index (χ3v) is 12.6. The molecular formula is C62H108O6. The smallest absolute Gasteiger partial charge is 0.306 e. The third-order valence-electron chi connectivity index (χ3n) is 12.6. The van der Waals surface area contributed by atoms with Crippen molar-refractivity contribution in [3.63, 3.8) is 0 Å². The molecule has 1 unspecified atom stereocenters. The molecule has 0 aromatic carbocycles. The first-order valence-electron chi connectivity index (χ1n) is 29.0. The number of hydrogen-bond donors (Lipinski definition) is 0. The number of rotatable bonds is 52. The molecule has 0 aliphatic carbocycles. The van der Waals surface area contributed by atoms with E-state index in [9.17, 15) is 14.4 Å². The summed E-state index contributed by atoms with van der Waals surface area (Å²) >= 11 is 0. The Bertz CT molecular complexity index is 1270. The molecule has 392 valence electrons. The van der Waals surface area contributed by atoms with E-state index in [1.54, 1.807) is 0 Å². The number of carbonyl (C=O) groups is 3. The zero-order chi connectivity index (χ0) is 49.3. The molecule has 0 heterocycles. The minimum absolute atomic E-state index is 0.0886. The molecule has 1 atom stereocenters. The molecule has 0 saturated heterocycles. The number of carbonyl (C=O) groups excluding carboxylic acids is 3. The molecule has 0 saturated carbocycles. The summed E-state index contributed by atoms with van der Waals surface area (Å²) in [4.78, 5) is 38.2. The van der Waals surface area contributed by atoms with Gasteiger partial charge in [-0.05, 0) is 64.2 Å². The van der Waals surface area contributed by atoms with Crippen molar-refractivity contribution >= 4 is 17.9 Å². The fourth-order valence-corrected chi connectivity index (χ4v) is 8.22. The Hall–Kier alpha value is -3.15. The Kier molecular flexibility index (Phi) is 53.8. The van der Waals surface area contributed by atoms with E-state index < -0.39 is 6.10 Å². The Morgan fingerprint density at radius 2 is 0.588 bits per heavy atom. The van der Waals surface area contributed by atoms with E-state index >= 15 is 0 Å². The molecule has 0 spiro atoms. The summed E-state index contributed by atoms with van der Waals surface area (Å²) < 4.78 is 16.8. The van der Waals surface area contributed by atoms with E-state index in [0.717, 1.165) is 70.6 Å². The zero-order valence-electron chi connectivity index (χ0n) is 44.9. The fraction of sp³-hybridized carbons (Fsp3) is 0.758. The van der Waals surface area contributed by atoms with Crippen molar-refractivity contribution in [1.29, 1.82) is 0 Å². The number of unbranched alkanes of at least 4 members (excludes halogenated alkanes) is 33. The van der Waals surface area contributed by atoms with Crippen LogP contribution in [0.5, 0.6) is 0 Å². The molecule has 0 amide bonds. The van der Waals surface area contributed by atoms with E-state index in [4.69, 9.17) is 14.2 Å². The highest BCUT2D eigenvalue weighted by Crippen LogP contribution is 2.16. The topological polar surface area (TPSA) is 78.9 Å². The lowest BCUT2D eigenvalue weighted by Gasteiger charge is -2.18. The second kappa shape index (κ2) is 56.4. The van der Waals surface area contributed by atoms with Gasteiger partial charge in [0.15, 0.2) is 6.10 Å². The Morgan fingerprint density at radius 3 is 0.956 bits per heavy atom. The van der Waals surface area contributed by atoms with Crippen LogP contribution >= 0.6 is 0 Å². The van der Waals surface area contributed by atoms with Gasteiger partial charge in [-0.3, -0.25) is 14.4 Å². The highest BCUT2D eigenvalue weighted by molar-refractivity contribution is 5.71. The van der Waals surface area contributed by atoms with Gasteiger partial charge in [-0.25, -0.2) is 0 Å². The van der Waals surface area contributed by atoms with Gasteiger partial charge in [0, 0.05) is 19.3 Å². The highest BCUT2D eigenvalue weighted by atomic mass is 16.6. The number of hydrogen-bond acceptors (Lipinski definition) is 6. The maximum absolute atomic E-state index is 12.9. The van der Waals surface area contributed by atoms with Crippen LogP contribution in [-0.2, 0) is 28.6 Å². The van der Waals surface area contributed by atoms with Gasteiger partial charge in [0.1, 0.15) is 13.2 Å². The van der Waals surface area contributed by atoms with Gasteiger partial charge in [-0.15, -0.1) is 0 Å². The largest absolute Gasteiger partial charge is 0.462 e. The maximum Gasteiger partial charge on any atom is 0.306 e. The quantitative estimate of drug-likeness (QED) is 0.0199. The molecule has 0 fully saturated rings. The zero-order valence-corrected chi connectivity index (χ0v) is 44.9. The number of allylic oxidation sites excluding steroid dienone is 12. The van der Waals surface area contributed by atoms with Crippen LogP contribution in [0.4, 0.5) is 0 Å². The van der Waals surface area contributed by atoms with E-state index in [1.807, 2.05) is 42.5 Å². The van der Waals surface area contributed by atoms with E-state index in [-0.39, 0.29) is 31.1 Å². The summed E-state index contributed by atoms with van der Waals surface area (Å²) in [5.74, 6) is -0.925. The first-order chi connectivity index (χ1) is 33.5. The minimum Gasteiger partial charge on any atom is -0.462 e. The summed E-state index contributed by atoms with van der Waals surface area (Å²) in [6, 6.07) is 0. The molecule has 0 aliphatic rings. The monoisotopic (exact) mass is 949 g/mol. The van der Waals surface area contributed by atoms with Crippen molar-refractivity contribution < 1.29 is 28.6 Å². The standard InChI is InChI=1S/C62H108O6/c1-4-7-10-13-16-19-22-25-28-30-32-34-37-40-43-46-49-52-55-61(64)67-58-59(57-66-60(63)54-51-48-45-42-39-36-33-27-24-21-18-15-12-9-6-3)68-62(65)56-53-50-47-44-41-38-35-31-29-26-23-20-17-14-11-8-5-2/h9,12,15,18,21,24,26-27,29,33,36,39,59H,4-8,10-11,13-14,16-17,19-20,22-23,25,28,30-32,34-35,37-38,40-58H2,1-3H3/b12-9-,18-15-,24-21-,29-26-,33-27-,39-36-. The highest BCUT2D eigenvalue weighted by Gasteiger charge is 2.19. The van der Waals surface area contributed by atoms with Gasteiger partial charge in [-0.1, -0.05) is 273 Å². The lowest BCUT2D eigenvalue weighted by Crippen LogP contribution is -2.30. The molecule has 6 nitrogen and oxygen atoms in total. The van der Waals surface area contributed by atoms with Crippen molar-refractivity contribution in [3.05, 3.63) is 72.9 Å². The van der Waals surface area contributed by atoms with Gasteiger partial charge < -0.3 is 14.2 Å². The molecular weight excluding hydrogens is 841 g/mol. The molecule has 0 bridgehead atoms. The van der Waals surface area contributed by atoms with Crippen LogP contribution in [0, 0.1) is 0 Å². The normalized spacial score (nSPS) is 12.6. The summed E-state index contributed by atoms with van der Waals surface area (Å²) in [6.07, 6.45) is 71.8. The Labute approximate surface area is 421 Å². The van der Waals surface area contributed by atoms with Crippen LogP contribution in [0.25, 0.3) is 0 Å². The van der Waals surface area contributed by atoms with Crippen molar-refractivity contribution in [1.82, 2.24) is 0 Å². The second-order valence-corrected chi connectivity index (χ2v) is 19.3. The predicted octanol–water partition coefficient (Wildman–Crippen LogP) is 19.4. The first kappa shape index (κ1) is 64.8. The summed E-state index contributed by atoms with van der Waals surface area (Å²) in [5.41, 5.74) is 0. The van der Waals surface area contributed by atoms with Crippen LogP contribution in [0.1, 0.15) is 284 Å². The predicted molar refractivity (Wildman–Crippen MR) is 293 cm³/mol. The lowest BCUT2D eigenvalue weighted by molar-refractivity contribution is -0.167. The molecule has 0 aromatic heterocycles. The van der Waals surface area contributed by atoms with Crippen LogP contribution < -0.4 is 0 Å². The summed E-state index contributed by atoms with van der Waals surface area (Å²) in [7, 11) is 0. The second-order valence-electron chi connectivity index (χ2n) is 19.3. The maximum atomic E-state index is 12.9. The van der Waals surface area contributed by atoms with Gasteiger partial charge in [0.05, 0.1) is 0 Å². The summed E-state index contributed by atoms with van der Waals surface area (Å²) in [6.45, 7) is 6.48. The number of ether oxygens (including phenoxy) is 3. The van der Waals surface area contributed by atoms with E-state index in [0.29, 0.717) is 19.3 Å². The molecule has 0 N–H and O–H groups in total. The van der Waals surface area contributed by atoms with Crippen LogP contribution in [-0.4, -0.2) is 37.2 Å². The lowest BCUT2D eigenvalue weighted by atomic mass is 10.0. The number of esters is 3. The van der Waals surface area contributed by atoms with Crippen molar-refractivity contribution in [2.45, 2.75) is 290 Å². The van der Waals surface area contributed by atoms with Gasteiger partial charge in [0.25, 0.3) is 0 Å².